The van der Waals surface area contributed by atoms with Crippen LogP contribution in [0.25, 0.3) is 0 Å². The average molecular weight is 355 g/mol. The number of aromatic nitrogens is 4. The Labute approximate surface area is 151 Å². The van der Waals surface area contributed by atoms with Gasteiger partial charge in [-0.05, 0) is 39.8 Å². The van der Waals surface area contributed by atoms with Gasteiger partial charge >= 0.3 is 0 Å². The van der Waals surface area contributed by atoms with Gasteiger partial charge in [-0.15, -0.1) is 11.3 Å². The van der Waals surface area contributed by atoms with Crippen molar-refractivity contribution in [2.24, 2.45) is 0 Å². The molecule has 130 valence electrons. The summed E-state index contributed by atoms with van der Waals surface area (Å²) in [7, 11) is 0. The molecule has 3 rings (SSSR count). The van der Waals surface area contributed by atoms with Crippen LogP contribution in [0.2, 0.25) is 0 Å². The highest BCUT2D eigenvalue weighted by atomic mass is 32.1. The molecule has 0 aliphatic heterocycles. The molecule has 0 amide bonds. The second kappa shape index (κ2) is 7.57. The van der Waals surface area contributed by atoms with Crippen LogP contribution >= 0.6 is 11.3 Å². The molecule has 0 radical (unpaired) electrons. The van der Waals surface area contributed by atoms with Crippen molar-refractivity contribution in [2.45, 2.75) is 40.8 Å². The van der Waals surface area contributed by atoms with Crippen LogP contribution in [0.5, 0.6) is 5.88 Å². The first-order valence-electron chi connectivity index (χ1n) is 8.06. The Kier molecular flexibility index (Phi) is 5.23. The molecule has 25 heavy (non-hydrogen) atoms. The lowest BCUT2D eigenvalue weighted by atomic mass is 10.4. The molecule has 1 N–H and O–H groups in total. The van der Waals surface area contributed by atoms with Gasteiger partial charge in [-0.1, -0.05) is 0 Å². The van der Waals surface area contributed by atoms with Crippen molar-refractivity contribution in [3.8, 4) is 5.88 Å². The van der Waals surface area contributed by atoms with Crippen molar-refractivity contribution in [1.29, 1.82) is 0 Å². The fraction of sp³-hybridized carbons (Fsp3) is 0.333. The van der Waals surface area contributed by atoms with Gasteiger partial charge in [-0.2, -0.15) is 0 Å². The van der Waals surface area contributed by atoms with Crippen LogP contribution in [-0.2, 0) is 13.2 Å². The van der Waals surface area contributed by atoms with E-state index in [9.17, 15) is 0 Å². The predicted octanol–water partition coefficient (Wildman–Crippen LogP) is 3.75. The zero-order chi connectivity index (χ0) is 17.8. The Morgan fingerprint density at radius 1 is 0.920 bits per heavy atom. The Bertz CT molecular complexity index is 808. The van der Waals surface area contributed by atoms with E-state index in [1.807, 2.05) is 27.7 Å². The standard InChI is InChI=1S/C18H21N5OS/c1-11-7-19-13(3)17(22-11)21-9-15-5-6-16(25-15)10-24-18-14(4)20-8-12(2)23-18/h5-8H,9-10H2,1-4H3,(H,21,22). The number of rotatable bonds is 6. The second-order valence-electron chi connectivity index (χ2n) is 5.86. The summed E-state index contributed by atoms with van der Waals surface area (Å²) in [6.07, 6.45) is 3.52. The molecule has 0 aromatic carbocycles. The molecule has 0 unspecified atom stereocenters. The third-order valence-corrected chi connectivity index (χ3v) is 4.67. The van der Waals surface area contributed by atoms with Crippen LogP contribution in [0.15, 0.2) is 24.5 Å². The summed E-state index contributed by atoms with van der Waals surface area (Å²) in [5.41, 5.74) is 3.46. The van der Waals surface area contributed by atoms with E-state index in [1.54, 1.807) is 23.7 Å². The molecule has 3 aromatic heterocycles. The highest BCUT2D eigenvalue weighted by Crippen LogP contribution is 2.21. The van der Waals surface area contributed by atoms with Crippen LogP contribution in [0.4, 0.5) is 5.82 Å². The maximum absolute atomic E-state index is 5.81. The van der Waals surface area contributed by atoms with Gasteiger partial charge in [0, 0.05) is 22.1 Å². The summed E-state index contributed by atoms with van der Waals surface area (Å²) >= 11 is 1.71. The third kappa shape index (κ3) is 4.51. The molecule has 0 saturated carbocycles. The number of anilines is 1. The molecule has 0 aliphatic rings. The van der Waals surface area contributed by atoms with Crippen LogP contribution < -0.4 is 10.1 Å². The number of hydrogen-bond donors (Lipinski definition) is 1. The van der Waals surface area contributed by atoms with Crippen molar-refractivity contribution < 1.29 is 4.74 Å². The lowest BCUT2D eigenvalue weighted by Crippen LogP contribution is -2.04. The van der Waals surface area contributed by atoms with E-state index in [0.29, 0.717) is 19.0 Å². The van der Waals surface area contributed by atoms with E-state index in [-0.39, 0.29) is 0 Å². The van der Waals surface area contributed by atoms with Crippen LogP contribution in [-0.4, -0.2) is 19.9 Å². The van der Waals surface area contributed by atoms with Crippen molar-refractivity contribution in [1.82, 2.24) is 19.9 Å². The summed E-state index contributed by atoms with van der Waals surface area (Å²) in [5, 5.41) is 3.35. The number of thiophene rings is 1. The lowest BCUT2D eigenvalue weighted by Gasteiger charge is -2.07. The van der Waals surface area contributed by atoms with Crippen LogP contribution in [0.3, 0.4) is 0 Å². The Hall–Kier alpha value is -2.54. The summed E-state index contributed by atoms with van der Waals surface area (Å²) in [6, 6.07) is 4.18. The normalized spacial score (nSPS) is 10.7. The van der Waals surface area contributed by atoms with Gasteiger partial charge in [0.25, 0.3) is 0 Å². The Morgan fingerprint density at radius 2 is 1.60 bits per heavy atom. The monoisotopic (exact) mass is 355 g/mol. The molecule has 3 heterocycles. The second-order valence-corrected chi connectivity index (χ2v) is 7.11. The van der Waals surface area contributed by atoms with Crippen molar-refractivity contribution >= 4 is 17.2 Å². The summed E-state index contributed by atoms with van der Waals surface area (Å²) in [5.74, 6) is 1.43. The number of aryl methyl sites for hydroxylation is 4. The Morgan fingerprint density at radius 3 is 2.40 bits per heavy atom. The molecule has 0 fully saturated rings. The molecule has 3 aromatic rings. The molecule has 7 heteroatoms. The van der Waals surface area contributed by atoms with Gasteiger partial charge in [0.2, 0.25) is 5.88 Å². The molecule has 0 bridgehead atoms. The van der Waals surface area contributed by atoms with E-state index < -0.39 is 0 Å². The molecule has 6 nitrogen and oxygen atoms in total. The fourth-order valence-corrected chi connectivity index (χ4v) is 3.13. The molecule has 0 spiro atoms. The molecular formula is C18H21N5OS. The average Bonchev–Trinajstić information content (AvgIpc) is 3.04. The van der Waals surface area contributed by atoms with Gasteiger partial charge in [-0.3, -0.25) is 9.97 Å². The number of nitrogens with zero attached hydrogens (tertiary/aromatic N) is 4. The summed E-state index contributed by atoms with van der Waals surface area (Å²) in [6.45, 7) is 8.91. The van der Waals surface area contributed by atoms with Gasteiger partial charge < -0.3 is 10.1 Å². The van der Waals surface area contributed by atoms with E-state index in [0.717, 1.165) is 33.5 Å². The highest BCUT2D eigenvalue weighted by Gasteiger charge is 2.07. The van der Waals surface area contributed by atoms with E-state index in [1.165, 1.54) is 4.88 Å². The molecule has 0 atom stereocenters. The van der Waals surface area contributed by atoms with E-state index in [2.05, 4.69) is 37.4 Å². The van der Waals surface area contributed by atoms with E-state index >= 15 is 0 Å². The quantitative estimate of drug-likeness (QED) is 0.726. The SMILES string of the molecule is Cc1cnc(C)c(NCc2ccc(COc3nc(C)cnc3C)s2)n1. The minimum atomic E-state index is 0.493. The maximum Gasteiger partial charge on any atom is 0.235 e. The molecular weight excluding hydrogens is 334 g/mol. The topological polar surface area (TPSA) is 72.8 Å². The highest BCUT2D eigenvalue weighted by molar-refractivity contribution is 7.11. The number of ether oxygens (including phenoxy) is 1. The first-order valence-corrected chi connectivity index (χ1v) is 8.87. The largest absolute Gasteiger partial charge is 0.471 e. The van der Waals surface area contributed by atoms with Gasteiger partial charge in [0.15, 0.2) is 0 Å². The first-order chi connectivity index (χ1) is 12.0. The molecule has 0 aliphatic carbocycles. The van der Waals surface area contributed by atoms with Crippen LogP contribution in [0.1, 0.15) is 32.5 Å². The smallest absolute Gasteiger partial charge is 0.235 e. The maximum atomic E-state index is 5.81. The summed E-state index contributed by atoms with van der Waals surface area (Å²) in [4.78, 5) is 19.8. The van der Waals surface area contributed by atoms with E-state index in [4.69, 9.17) is 4.74 Å². The molecule has 0 saturated heterocycles. The van der Waals surface area contributed by atoms with Crippen molar-refractivity contribution in [2.75, 3.05) is 5.32 Å². The third-order valence-electron chi connectivity index (χ3n) is 3.61. The predicted molar refractivity (Wildman–Crippen MR) is 99.0 cm³/mol. The van der Waals surface area contributed by atoms with Crippen molar-refractivity contribution in [3.63, 3.8) is 0 Å². The number of hydrogen-bond acceptors (Lipinski definition) is 7. The van der Waals surface area contributed by atoms with Gasteiger partial charge in [0.1, 0.15) is 12.4 Å². The van der Waals surface area contributed by atoms with Crippen molar-refractivity contribution in [3.05, 3.63) is 57.1 Å². The van der Waals surface area contributed by atoms with Gasteiger partial charge in [0.05, 0.1) is 29.3 Å². The Balaban J connectivity index is 1.59. The van der Waals surface area contributed by atoms with Gasteiger partial charge in [-0.25, -0.2) is 9.97 Å². The number of nitrogens with one attached hydrogen (secondary N) is 1. The first kappa shape index (κ1) is 17.3. The minimum Gasteiger partial charge on any atom is -0.471 e. The fourth-order valence-electron chi connectivity index (χ4n) is 2.26. The minimum absolute atomic E-state index is 0.493. The van der Waals surface area contributed by atoms with Crippen LogP contribution in [0, 0.1) is 27.7 Å². The lowest BCUT2D eigenvalue weighted by molar-refractivity contribution is 0.292. The summed E-state index contributed by atoms with van der Waals surface area (Å²) < 4.78 is 5.81. The zero-order valence-electron chi connectivity index (χ0n) is 14.8. The zero-order valence-corrected chi connectivity index (χ0v) is 15.6.